The van der Waals surface area contributed by atoms with Gasteiger partial charge in [0, 0.05) is 25.6 Å². The van der Waals surface area contributed by atoms with E-state index in [1.165, 1.54) is 4.90 Å². The van der Waals surface area contributed by atoms with E-state index in [1.54, 1.807) is 20.0 Å². The minimum absolute atomic E-state index is 0.146. The molecule has 0 aliphatic carbocycles. The smallest absolute Gasteiger partial charge is 0.317 e. The molecular formula is C15H19ClN2O4. The Morgan fingerprint density at radius 1 is 1.55 bits per heavy atom. The predicted octanol–water partition coefficient (Wildman–Crippen LogP) is 2.53. The predicted molar refractivity (Wildman–Crippen MR) is 82.3 cm³/mol. The van der Waals surface area contributed by atoms with Gasteiger partial charge in [-0.2, -0.15) is 0 Å². The first-order valence-corrected chi connectivity index (χ1v) is 7.43. The second kappa shape index (κ2) is 6.87. The second-order valence-corrected chi connectivity index (χ2v) is 5.82. The van der Waals surface area contributed by atoms with Gasteiger partial charge in [0.05, 0.1) is 23.6 Å². The summed E-state index contributed by atoms with van der Waals surface area (Å²) in [5, 5.41) is 12.3. The molecule has 0 radical (unpaired) electrons. The molecule has 120 valence electrons. The maximum Gasteiger partial charge on any atom is 0.317 e. The highest BCUT2D eigenvalue weighted by molar-refractivity contribution is 6.32. The van der Waals surface area contributed by atoms with E-state index in [1.807, 2.05) is 12.1 Å². The maximum atomic E-state index is 12.2. The monoisotopic (exact) mass is 326 g/mol. The molecule has 1 heterocycles. The van der Waals surface area contributed by atoms with Gasteiger partial charge in [0.25, 0.3) is 0 Å². The zero-order valence-corrected chi connectivity index (χ0v) is 13.3. The molecule has 7 heteroatoms. The molecule has 0 aromatic heterocycles. The van der Waals surface area contributed by atoms with E-state index < -0.39 is 11.9 Å². The number of fused-ring (bicyclic) bond motifs is 1. The van der Waals surface area contributed by atoms with Gasteiger partial charge < -0.3 is 20.1 Å². The molecule has 22 heavy (non-hydrogen) atoms. The van der Waals surface area contributed by atoms with Crippen LogP contribution in [0.2, 0.25) is 5.02 Å². The molecule has 2 N–H and O–H groups in total. The third-order valence-electron chi connectivity index (χ3n) is 3.64. The molecule has 0 saturated heterocycles. The summed E-state index contributed by atoms with van der Waals surface area (Å²) in [4.78, 5) is 24.4. The van der Waals surface area contributed by atoms with Crippen LogP contribution in [0, 0.1) is 5.92 Å². The number of carbonyl (C=O) groups excluding carboxylic acids is 1. The van der Waals surface area contributed by atoms with Gasteiger partial charge in [-0.15, -0.1) is 0 Å². The van der Waals surface area contributed by atoms with Crippen LogP contribution in [0.4, 0.5) is 4.79 Å². The first kappa shape index (κ1) is 16.4. The second-order valence-electron chi connectivity index (χ2n) is 5.42. The lowest BCUT2D eigenvalue weighted by molar-refractivity contribution is -0.141. The van der Waals surface area contributed by atoms with Crippen molar-refractivity contribution < 1.29 is 19.4 Å². The molecule has 1 aliphatic heterocycles. The number of carboxylic acids is 1. The zero-order valence-electron chi connectivity index (χ0n) is 12.5. The van der Waals surface area contributed by atoms with Crippen LogP contribution in [0.15, 0.2) is 18.2 Å². The van der Waals surface area contributed by atoms with Gasteiger partial charge in [0.2, 0.25) is 0 Å². The SMILES string of the molecule is CC(CN(C)C(=O)NC1CCOc2c(Cl)cccc21)C(=O)O. The molecule has 2 atom stereocenters. The third kappa shape index (κ3) is 3.62. The topological polar surface area (TPSA) is 78.9 Å². The Hall–Kier alpha value is -1.95. The normalized spacial score (nSPS) is 17.9. The van der Waals surface area contributed by atoms with Gasteiger partial charge >= 0.3 is 12.0 Å². The molecule has 0 fully saturated rings. The number of halogens is 1. The number of benzene rings is 1. The minimum Gasteiger partial charge on any atom is -0.492 e. The van der Waals surface area contributed by atoms with Crippen molar-refractivity contribution in [3.63, 3.8) is 0 Å². The van der Waals surface area contributed by atoms with Gasteiger partial charge in [0.15, 0.2) is 0 Å². The van der Waals surface area contributed by atoms with Crippen molar-refractivity contribution in [3.05, 3.63) is 28.8 Å². The fourth-order valence-corrected chi connectivity index (χ4v) is 2.60. The number of nitrogens with zero attached hydrogens (tertiary/aromatic N) is 1. The number of rotatable bonds is 4. The molecule has 1 aliphatic rings. The van der Waals surface area contributed by atoms with Crippen molar-refractivity contribution in [2.75, 3.05) is 20.2 Å². The van der Waals surface area contributed by atoms with Crippen LogP contribution < -0.4 is 10.1 Å². The number of amides is 2. The van der Waals surface area contributed by atoms with Crippen LogP contribution in [0.1, 0.15) is 24.9 Å². The molecule has 0 spiro atoms. The lowest BCUT2D eigenvalue weighted by Crippen LogP contribution is -2.43. The summed E-state index contributed by atoms with van der Waals surface area (Å²) in [7, 11) is 1.58. The van der Waals surface area contributed by atoms with Crippen LogP contribution in [0.3, 0.4) is 0 Å². The number of carbonyl (C=O) groups is 2. The lowest BCUT2D eigenvalue weighted by Gasteiger charge is -2.29. The van der Waals surface area contributed by atoms with Gasteiger partial charge in [-0.1, -0.05) is 30.7 Å². The fourth-order valence-electron chi connectivity index (χ4n) is 2.37. The summed E-state index contributed by atoms with van der Waals surface area (Å²) >= 11 is 6.10. The molecule has 0 saturated carbocycles. The summed E-state index contributed by atoms with van der Waals surface area (Å²) in [6, 6.07) is 4.91. The highest BCUT2D eigenvalue weighted by Gasteiger charge is 2.26. The minimum atomic E-state index is -0.928. The third-order valence-corrected chi connectivity index (χ3v) is 3.94. The van der Waals surface area contributed by atoms with Crippen molar-refractivity contribution in [3.8, 4) is 5.75 Å². The standard InChI is InChI=1S/C15H19ClN2O4/c1-9(14(19)20)8-18(2)15(21)17-12-6-7-22-13-10(12)4-3-5-11(13)16/h3-5,9,12H,6-8H2,1-2H3,(H,17,21)(H,19,20). The Bertz CT molecular complexity index is 579. The molecular weight excluding hydrogens is 308 g/mol. The number of ether oxygens (including phenoxy) is 1. The summed E-state index contributed by atoms with van der Waals surface area (Å²) in [6.07, 6.45) is 0.640. The van der Waals surface area contributed by atoms with E-state index >= 15 is 0 Å². The number of hydrogen-bond acceptors (Lipinski definition) is 3. The largest absolute Gasteiger partial charge is 0.492 e. The summed E-state index contributed by atoms with van der Waals surface area (Å²) < 4.78 is 5.55. The number of nitrogens with one attached hydrogen (secondary N) is 1. The van der Waals surface area contributed by atoms with Crippen LogP contribution in [0.25, 0.3) is 0 Å². The Labute approximate surface area is 134 Å². The van der Waals surface area contributed by atoms with E-state index in [2.05, 4.69) is 5.32 Å². The highest BCUT2D eigenvalue weighted by Crippen LogP contribution is 2.37. The fraction of sp³-hybridized carbons (Fsp3) is 0.467. The molecule has 2 rings (SSSR count). The van der Waals surface area contributed by atoms with Crippen molar-refractivity contribution in [1.29, 1.82) is 0 Å². The highest BCUT2D eigenvalue weighted by atomic mass is 35.5. The molecule has 0 bridgehead atoms. The Balaban J connectivity index is 2.04. The van der Waals surface area contributed by atoms with Gasteiger partial charge in [-0.25, -0.2) is 4.79 Å². The van der Waals surface area contributed by atoms with E-state index in [-0.39, 0.29) is 18.6 Å². The summed E-state index contributed by atoms with van der Waals surface area (Å²) in [5.74, 6) is -0.947. The van der Waals surface area contributed by atoms with E-state index in [9.17, 15) is 9.59 Å². The average molecular weight is 327 g/mol. The van der Waals surface area contributed by atoms with Crippen molar-refractivity contribution >= 4 is 23.6 Å². The molecule has 2 unspecified atom stereocenters. The number of aliphatic carboxylic acids is 1. The number of hydrogen-bond donors (Lipinski definition) is 2. The van der Waals surface area contributed by atoms with Gasteiger partial charge in [0.1, 0.15) is 5.75 Å². The van der Waals surface area contributed by atoms with E-state index in [0.29, 0.717) is 23.8 Å². The van der Waals surface area contributed by atoms with Crippen molar-refractivity contribution in [2.45, 2.75) is 19.4 Å². The van der Waals surface area contributed by atoms with Crippen molar-refractivity contribution in [1.82, 2.24) is 10.2 Å². The molecule has 2 amide bonds. The summed E-state index contributed by atoms with van der Waals surface area (Å²) in [6.45, 7) is 2.18. The molecule has 1 aromatic carbocycles. The first-order chi connectivity index (χ1) is 10.4. The number of urea groups is 1. The van der Waals surface area contributed by atoms with Crippen LogP contribution in [-0.4, -0.2) is 42.2 Å². The van der Waals surface area contributed by atoms with Gasteiger partial charge in [-0.05, 0) is 6.07 Å². The van der Waals surface area contributed by atoms with Crippen LogP contribution >= 0.6 is 11.6 Å². The molecule has 6 nitrogen and oxygen atoms in total. The van der Waals surface area contributed by atoms with E-state index in [0.717, 1.165) is 5.56 Å². The maximum absolute atomic E-state index is 12.2. The van der Waals surface area contributed by atoms with Crippen LogP contribution in [0.5, 0.6) is 5.75 Å². The average Bonchev–Trinajstić information content (AvgIpc) is 2.48. The van der Waals surface area contributed by atoms with E-state index in [4.69, 9.17) is 21.4 Å². The number of para-hydroxylation sites is 1. The number of carboxylic acid groups (broad SMARTS) is 1. The quantitative estimate of drug-likeness (QED) is 0.891. The Morgan fingerprint density at radius 2 is 2.27 bits per heavy atom. The van der Waals surface area contributed by atoms with Crippen molar-refractivity contribution in [2.24, 2.45) is 5.92 Å². The Kier molecular flexibility index (Phi) is 5.13. The van der Waals surface area contributed by atoms with Crippen LogP contribution in [-0.2, 0) is 4.79 Å². The molecule has 1 aromatic rings. The summed E-state index contributed by atoms with van der Waals surface area (Å²) in [5.41, 5.74) is 0.840. The lowest BCUT2D eigenvalue weighted by atomic mass is 10.0. The Morgan fingerprint density at radius 3 is 2.95 bits per heavy atom. The van der Waals surface area contributed by atoms with Gasteiger partial charge in [-0.3, -0.25) is 4.79 Å². The first-order valence-electron chi connectivity index (χ1n) is 7.05. The zero-order chi connectivity index (χ0) is 16.3.